The molecule has 2 aromatic rings. The smallest absolute Gasteiger partial charge is 0.158 e. The van der Waals surface area contributed by atoms with Gasteiger partial charge in [0.05, 0.1) is 5.69 Å². The number of aryl methyl sites for hydroxylation is 1. The van der Waals surface area contributed by atoms with Crippen LogP contribution in [0.5, 0.6) is 0 Å². The van der Waals surface area contributed by atoms with Gasteiger partial charge in [0.25, 0.3) is 0 Å². The van der Waals surface area contributed by atoms with Crippen LogP contribution in [0, 0.1) is 20.8 Å². The molecule has 0 unspecified atom stereocenters. The molecule has 0 spiro atoms. The zero-order chi connectivity index (χ0) is 12.9. The molecular weight excluding hydrogens is 292 g/mol. The molecule has 0 amide bonds. The Bertz CT molecular complexity index is 614. The van der Waals surface area contributed by atoms with Crippen molar-refractivity contribution in [2.75, 3.05) is 0 Å². The highest BCUT2D eigenvalue weighted by Gasteiger charge is 2.27. The first-order valence-electron chi connectivity index (χ1n) is 6.14. The summed E-state index contributed by atoms with van der Waals surface area (Å²) in [5.74, 6) is 2.33. The Morgan fingerprint density at radius 2 is 1.94 bits per heavy atom. The third-order valence-corrected chi connectivity index (χ3v) is 3.92. The van der Waals surface area contributed by atoms with Gasteiger partial charge in [0.1, 0.15) is 10.4 Å². The summed E-state index contributed by atoms with van der Waals surface area (Å²) in [5.41, 5.74) is 3.41. The number of aromatic nitrogens is 4. The Labute approximate surface area is 115 Å². The topological polar surface area (TPSA) is 43.6 Å². The molecule has 2 heterocycles. The van der Waals surface area contributed by atoms with Gasteiger partial charge >= 0.3 is 0 Å². The summed E-state index contributed by atoms with van der Waals surface area (Å²) in [6.07, 6.45) is 2.40. The maximum atomic E-state index is 4.64. The fraction of sp³-hybridized carbons (Fsp3) is 0.462. The summed E-state index contributed by atoms with van der Waals surface area (Å²) in [6.45, 7) is 6.19. The summed E-state index contributed by atoms with van der Waals surface area (Å²) in [6, 6.07) is 1.92. The zero-order valence-corrected chi connectivity index (χ0v) is 12.3. The molecule has 5 heteroatoms. The second kappa shape index (κ2) is 4.16. The molecule has 0 radical (unpaired) electrons. The van der Waals surface area contributed by atoms with Crippen LogP contribution < -0.4 is 0 Å². The van der Waals surface area contributed by atoms with Crippen LogP contribution in [0.2, 0.25) is 0 Å². The maximum Gasteiger partial charge on any atom is 0.158 e. The third-order valence-electron chi connectivity index (χ3n) is 3.51. The van der Waals surface area contributed by atoms with Crippen molar-refractivity contribution in [2.24, 2.45) is 0 Å². The van der Waals surface area contributed by atoms with Crippen LogP contribution in [0.4, 0.5) is 0 Å². The Morgan fingerprint density at radius 3 is 2.50 bits per heavy atom. The fourth-order valence-corrected chi connectivity index (χ4v) is 2.39. The van der Waals surface area contributed by atoms with Gasteiger partial charge in [0, 0.05) is 17.7 Å². The van der Waals surface area contributed by atoms with E-state index in [2.05, 4.69) is 44.8 Å². The highest BCUT2D eigenvalue weighted by Crippen LogP contribution is 2.38. The van der Waals surface area contributed by atoms with Crippen molar-refractivity contribution >= 4 is 15.9 Å². The molecule has 4 nitrogen and oxygen atoms in total. The third kappa shape index (κ3) is 1.96. The van der Waals surface area contributed by atoms with E-state index >= 15 is 0 Å². The van der Waals surface area contributed by atoms with Crippen LogP contribution in [0.1, 0.15) is 41.5 Å². The molecule has 3 rings (SSSR count). The maximum absolute atomic E-state index is 4.64. The van der Waals surface area contributed by atoms with Gasteiger partial charge in [-0.05, 0) is 55.1 Å². The lowest BCUT2D eigenvalue weighted by Gasteiger charge is -2.06. The number of hydrogen-bond donors (Lipinski definition) is 0. The van der Waals surface area contributed by atoms with Crippen molar-refractivity contribution in [3.63, 3.8) is 0 Å². The van der Waals surface area contributed by atoms with Crippen LogP contribution >= 0.6 is 15.9 Å². The van der Waals surface area contributed by atoms with Gasteiger partial charge in [-0.1, -0.05) is 0 Å². The Morgan fingerprint density at radius 1 is 1.22 bits per heavy atom. The first kappa shape index (κ1) is 11.8. The molecule has 0 bridgehead atoms. The summed E-state index contributed by atoms with van der Waals surface area (Å²) < 4.78 is 2.74. The molecular formula is C13H15BrN4. The van der Waals surface area contributed by atoms with Crippen LogP contribution in [-0.2, 0) is 0 Å². The fourth-order valence-electron chi connectivity index (χ4n) is 2.00. The van der Waals surface area contributed by atoms with Crippen molar-refractivity contribution in [1.29, 1.82) is 0 Å². The van der Waals surface area contributed by atoms with Crippen molar-refractivity contribution in [3.05, 3.63) is 33.4 Å². The zero-order valence-electron chi connectivity index (χ0n) is 10.7. The van der Waals surface area contributed by atoms with Crippen LogP contribution in [0.15, 0.2) is 10.7 Å². The lowest BCUT2D eigenvalue weighted by atomic mass is 10.2. The van der Waals surface area contributed by atoms with Crippen molar-refractivity contribution in [2.45, 2.75) is 39.5 Å². The van der Waals surface area contributed by atoms with Crippen molar-refractivity contribution in [3.8, 4) is 5.82 Å². The van der Waals surface area contributed by atoms with E-state index in [1.165, 1.54) is 18.4 Å². The van der Waals surface area contributed by atoms with E-state index in [0.717, 1.165) is 27.6 Å². The van der Waals surface area contributed by atoms with E-state index in [4.69, 9.17) is 0 Å². The van der Waals surface area contributed by atoms with Gasteiger partial charge in [-0.15, -0.1) is 0 Å². The number of halogens is 1. The average molecular weight is 307 g/mol. The SMILES string of the molecule is Cc1nn(-c2cc(Br)nc(C3CC3)n2)c(C)c1C. The van der Waals surface area contributed by atoms with Gasteiger partial charge < -0.3 is 0 Å². The first-order valence-corrected chi connectivity index (χ1v) is 6.93. The quantitative estimate of drug-likeness (QED) is 0.800. The molecule has 0 aliphatic heterocycles. The lowest BCUT2D eigenvalue weighted by Crippen LogP contribution is -2.05. The normalized spacial score (nSPS) is 15.1. The molecule has 0 atom stereocenters. The van der Waals surface area contributed by atoms with E-state index in [-0.39, 0.29) is 0 Å². The highest BCUT2D eigenvalue weighted by atomic mass is 79.9. The van der Waals surface area contributed by atoms with E-state index in [0.29, 0.717) is 5.92 Å². The van der Waals surface area contributed by atoms with E-state index in [9.17, 15) is 0 Å². The largest absolute Gasteiger partial charge is 0.226 e. The minimum absolute atomic E-state index is 0.541. The molecule has 18 heavy (non-hydrogen) atoms. The molecule has 0 N–H and O–H groups in total. The van der Waals surface area contributed by atoms with E-state index in [1.807, 2.05) is 17.7 Å². The van der Waals surface area contributed by atoms with Crippen LogP contribution in [0.25, 0.3) is 5.82 Å². The van der Waals surface area contributed by atoms with E-state index in [1.54, 1.807) is 0 Å². The Balaban J connectivity index is 2.12. The number of nitrogens with zero attached hydrogens (tertiary/aromatic N) is 4. The molecule has 0 saturated heterocycles. The summed E-state index contributed by atoms with van der Waals surface area (Å²) in [5, 5.41) is 4.55. The van der Waals surface area contributed by atoms with Gasteiger partial charge in [-0.2, -0.15) is 5.10 Å². The minimum atomic E-state index is 0.541. The monoisotopic (exact) mass is 306 g/mol. The Kier molecular flexibility index (Phi) is 2.73. The Hall–Kier alpha value is -1.23. The second-order valence-corrected chi connectivity index (χ2v) is 5.70. The minimum Gasteiger partial charge on any atom is -0.226 e. The number of hydrogen-bond acceptors (Lipinski definition) is 3. The predicted octanol–water partition coefficient (Wildman–Crippen LogP) is 3.23. The molecule has 0 aromatic carbocycles. The van der Waals surface area contributed by atoms with Crippen molar-refractivity contribution in [1.82, 2.24) is 19.7 Å². The average Bonchev–Trinajstić information content (AvgIpc) is 3.13. The standard InChI is InChI=1S/C13H15BrN4/c1-7-8(2)17-18(9(7)3)12-6-11(14)15-13(16-12)10-4-5-10/h6,10H,4-5H2,1-3H3. The van der Waals surface area contributed by atoms with Crippen LogP contribution in [0.3, 0.4) is 0 Å². The first-order chi connectivity index (χ1) is 8.56. The van der Waals surface area contributed by atoms with Crippen LogP contribution in [-0.4, -0.2) is 19.7 Å². The highest BCUT2D eigenvalue weighted by molar-refractivity contribution is 9.10. The number of rotatable bonds is 2. The molecule has 1 saturated carbocycles. The summed E-state index contributed by atoms with van der Waals surface area (Å²) >= 11 is 3.46. The summed E-state index contributed by atoms with van der Waals surface area (Å²) in [4.78, 5) is 9.09. The van der Waals surface area contributed by atoms with Gasteiger partial charge in [0.2, 0.25) is 0 Å². The van der Waals surface area contributed by atoms with Gasteiger partial charge in [-0.25, -0.2) is 14.6 Å². The molecule has 2 aromatic heterocycles. The molecule has 1 aliphatic carbocycles. The van der Waals surface area contributed by atoms with E-state index < -0.39 is 0 Å². The van der Waals surface area contributed by atoms with Gasteiger partial charge in [0.15, 0.2) is 5.82 Å². The van der Waals surface area contributed by atoms with Gasteiger partial charge in [-0.3, -0.25) is 0 Å². The predicted molar refractivity (Wildman–Crippen MR) is 73.0 cm³/mol. The van der Waals surface area contributed by atoms with Crippen molar-refractivity contribution < 1.29 is 0 Å². The lowest BCUT2D eigenvalue weighted by molar-refractivity contribution is 0.777. The molecule has 1 fully saturated rings. The summed E-state index contributed by atoms with van der Waals surface area (Å²) in [7, 11) is 0. The molecule has 1 aliphatic rings. The molecule has 94 valence electrons. The second-order valence-electron chi connectivity index (χ2n) is 4.89.